The van der Waals surface area contributed by atoms with E-state index >= 15 is 0 Å². The standard InChI is InChI=1S/C10H14N4O/c1-8-3-4-9(15-8)7-13-14(2)10-11-5-6-12-10/h3-4,7H,5-6H2,1-2H3,(H,11,12)/p+1. The highest BCUT2D eigenvalue weighted by Crippen LogP contribution is 2.02. The maximum absolute atomic E-state index is 5.37. The Bertz CT molecular complexity index is 397. The lowest BCUT2D eigenvalue weighted by molar-refractivity contribution is -0.505. The molecule has 2 heterocycles. The quantitative estimate of drug-likeness (QED) is 0.411. The molecule has 0 aromatic carbocycles. The lowest BCUT2D eigenvalue weighted by Gasteiger charge is -1.95. The Kier molecular flexibility index (Phi) is 2.71. The van der Waals surface area contributed by atoms with Gasteiger partial charge >= 0.3 is 5.96 Å². The Morgan fingerprint density at radius 1 is 1.40 bits per heavy atom. The van der Waals surface area contributed by atoms with E-state index < -0.39 is 0 Å². The van der Waals surface area contributed by atoms with Crippen LogP contribution in [0.5, 0.6) is 0 Å². The normalized spacial score (nSPS) is 15.5. The first kappa shape index (κ1) is 9.76. The maximum atomic E-state index is 5.37. The second-order valence-corrected chi connectivity index (χ2v) is 3.42. The van der Waals surface area contributed by atoms with E-state index in [0.29, 0.717) is 0 Å². The highest BCUT2D eigenvalue weighted by atomic mass is 16.3. The third kappa shape index (κ3) is 2.37. The van der Waals surface area contributed by atoms with Crippen LogP contribution in [-0.4, -0.2) is 37.0 Å². The first-order chi connectivity index (χ1) is 7.25. The van der Waals surface area contributed by atoms with Crippen molar-refractivity contribution in [3.05, 3.63) is 23.7 Å². The van der Waals surface area contributed by atoms with E-state index in [2.05, 4.69) is 15.7 Å². The zero-order chi connectivity index (χ0) is 10.7. The number of hydrogen-bond acceptors (Lipinski definition) is 2. The average molecular weight is 207 g/mol. The minimum atomic E-state index is 0.762. The molecule has 1 aromatic rings. The van der Waals surface area contributed by atoms with E-state index in [0.717, 1.165) is 30.6 Å². The minimum absolute atomic E-state index is 0.762. The summed E-state index contributed by atoms with van der Waals surface area (Å²) < 4.78 is 7.13. The highest BCUT2D eigenvalue weighted by Gasteiger charge is 2.15. The monoisotopic (exact) mass is 207 g/mol. The topological polar surface area (TPSA) is 52.6 Å². The van der Waals surface area contributed by atoms with Crippen molar-refractivity contribution in [2.75, 3.05) is 20.1 Å². The molecule has 0 unspecified atom stereocenters. The fraction of sp³-hybridized carbons (Fsp3) is 0.400. The van der Waals surface area contributed by atoms with Gasteiger partial charge in [-0.25, -0.2) is 0 Å². The van der Waals surface area contributed by atoms with E-state index in [1.807, 2.05) is 26.1 Å². The lowest BCUT2D eigenvalue weighted by Crippen LogP contribution is -2.31. The van der Waals surface area contributed by atoms with Crippen molar-refractivity contribution in [3.8, 4) is 0 Å². The zero-order valence-electron chi connectivity index (χ0n) is 8.95. The summed E-state index contributed by atoms with van der Waals surface area (Å²) in [6, 6.07) is 3.81. The third-order valence-electron chi connectivity index (χ3n) is 2.15. The fourth-order valence-corrected chi connectivity index (χ4v) is 1.38. The SMILES string of the molecule is Cc1ccc(C=N[N+](C)=C2NCCN2)o1. The lowest BCUT2D eigenvalue weighted by atomic mass is 10.4. The molecule has 1 aliphatic heterocycles. The van der Waals surface area contributed by atoms with Gasteiger partial charge in [0, 0.05) is 0 Å². The van der Waals surface area contributed by atoms with Crippen molar-refractivity contribution in [2.45, 2.75) is 6.92 Å². The van der Waals surface area contributed by atoms with Crippen molar-refractivity contribution < 1.29 is 9.10 Å². The van der Waals surface area contributed by atoms with Crippen LogP contribution >= 0.6 is 0 Å². The summed E-state index contributed by atoms with van der Waals surface area (Å²) >= 11 is 0. The molecule has 1 aromatic heterocycles. The van der Waals surface area contributed by atoms with Crippen LogP contribution < -0.4 is 10.6 Å². The molecule has 0 atom stereocenters. The summed E-state index contributed by atoms with van der Waals surface area (Å²) in [6.07, 6.45) is 1.70. The van der Waals surface area contributed by atoms with Gasteiger partial charge in [-0.2, -0.15) is 0 Å². The summed E-state index contributed by atoms with van der Waals surface area (Å²) in [5.41, 5.74) is 0. The first-order valence-corrected chi connectivity index (χ1v) is 4.94. The molecular weight excluding hydrogens is 192 g/mol. The molecule has 0 saturated carbocycles. The number of nitrogens with one attached hydrogen (secondary N) is 2. The van der Waals surface area contributed by atoms with Gasteiger partial charge in [-0.3, -0.25) is 10.6 Å². The first-order valence-electron chi connectivity index (χ1n) is 4.94. The van der Waals surface area contributed by atoms with E-state index in [-0.39, 0.29) is 0 Å². The summed E-state index contributed by atoms with van der Waals surface area (Å²) in [5.74, 6) is 2.58. The summed E-state index contributed by atoms with van der Waals surface area (Å²) in [6.45, 7) is 3.79. The number of aryl methyl sites for hydroxylation is 1. The van der Waals surface area contributed by atoms with Crippen LogP contribution in [0.4, 0.5) is 0 Å². The van der Waals surface area contributed by atoms with Crippen LogP contribution in [0, 0.1) is 6.92 Å². The van der Waals surface area contributed by atoms with Crippen molar-refractivity contribution in [3.63, 3.8) is 0 Å². The molecule has 15 heavy (non-hydrogen) atoms. The Morgan fingerprint density at radius 3 is 2.73 bits per heavy atom. The molecule has 0 amide bonds. The van der Waals surface area contributed by atoms with Crippen molar-refractivity contribution in [1.82, 2.24) is 10.6 Å². The van der Waals surface area contributed by atoms with Crippen molar-refractivity contribution in [2.24, 2.45) is 5.10 Å². The van der Waals surface area contributed by atoms with Gasteiger partial charge in [0.1, 0.15) is 17.7 Å². The number of rotatable bonds is 2. The predicted molar refractivity (Wildman–Crippen MR) is 58.2 cm³/mol. The second-order valence-electron chi connectivity index (χ2n) is 3.42. The number of furan rings is 1. The van der Waals surface area contributed by atoms with Gasteiger partial charge in [-0.1, -0.05) is 0 Å². The number of nitrogens with zero attached hydrogens (tertiary/aromatic N) is 2. The van der Waals surface area contributed by atoms with Crippen LogP contribution in [0.1, 0.15) is 11.5 Å². The Balaban J connectivity index is 2.08. The number of hydrazone groups is 1. The maximum Gasteiger partial charge on any atom is 0.369 e. The molecule has 1 aliphatic rings. The second kappa shape index (κ2) is 4.16. The van der Waals surface area contributed by atoms with E-state index in [1.54, 1.807) is 10.9 Å². The van der Waals surface area contributed by atoms with Gasteiger partial charge in [-0.05, 0) is 19.1 Å². The minimum Gasteiger partial charge on any atom is -0.460 e. The third-order valence-corrected chi connectivity index (χ3v) is 2.15. The van der Waals surface area contributed by atoms with Crippen LogP contribution in [-0.2, 0) is 0 Å². The summed E-state index contributed by atoms with van der Waals surface area (Å²) in [7, 11) is 1.88. The Morgan fingerprint density at radius 2 is 2.13 bits per heavy atom. The molecule has 1 fully saturated rings. The molecule has 80 valence electrons. The summed E-state index contributed by atoms with van der Waals surface area (Å²) in [4.78, 5) is 0. The van der Waals surface area contributed by atoms with Gasteiger partial charge in [0.15, 0.2) is 0 Å². The molecule has 2 N–H and O–H groups in total. The van der Waals surface area contributed by atoms with E-state index in [4.69, 9.17) is 4.42 Å². The van der Waals surface area contributed by atoms with Gasteiger partial charge in [0.05, 0.1) is 20.1 Å². The molecule has 2 rings (SSSR count). The van der Waals surface area contributed by atoms with Crippen LogP contribution in [0.2, 0.25) is 0 Å². The molecule has 0 bridgehead atoms. The van der Waals surface area contributed by atoms with Crippen LogP contribution in [0.3, 0.4) is 0 Å². The smallest absolute Gasteiger partial charge is 0.369 e. The molecule has 0 spiro atoms. The molecule has 0 radical (unpaired) electrons. The molecule has 1 saturated heterocycles. The predicted octanol–water partition coefficient (Wildman–Crippen LogP) is 0.113. The molecule has 5 heteroatoms. The van der Waals surface area contributed by atoms with Gasteiger partial charge in [0.25, 0.3) is 0 Å². The molecule has 0 aliphatic carbocycles. The van der Waals surface area contributed by atoms with E-state index in [9.17, 15) is 0 Å². The Labute approximate surface area is 88.5 Å². The van der Waals surface area contributed by atoms with Gasteiger partial charge < -0.3 is 4.42 Å². The zero-order valence-corrected chi connectivity index (χ0v) is 8.95. The van der Waals surface area contributed by atoms with Crippen molar-refractivity contribution in [1.29, 1.82) is 0 Å². The number of guanidine groups is 1. The van der Waals surface area contributed by atoms with Crippen molar-refractivity contribution >= 4 is 12.2 Å². The summed E-state index contributed by atoms with van der Waals surface area (Å²) in [5, 5.41) is 10.6. The van der Waals surface area contributed by atoms with Gasteiger partial charge in [-0.15, -0.1) is 9.79 Å². The van der Waals surface area contributed by atoms with Crippen LogP contribution in [0.25, 0.3) is 0 Å². The van der Waals surface area contributed by atoms with Crippen LogP contribution in [0.15, 0.2) is 21.7 Å². The number of hydrogen-bond donors (Lipinski definition) is 2. The average Bonchev–Trinajstić information content (AvgIpc) is 2.84. The highest BCUT2D eigenvalue weighted by molar-refractivity contribution is 5.78. The van der Waals surface area contributed by atoms with Gasteiger partial charge in [0.2, 0.25) is 0 Å². The molecular formula is C10H15N4O+. The molecule has 5 nitrogen and oxygen atoms in total. The largest absolute Gasteiger partial charge is 0.460 e. The fourth-order valence-electron chi connectivity index (χ4n) is 1.38. The Hall–Kier alpha value is -1.78. The van der Waals surface area contributed by atoms with E-state index in [1.165, 1.54) is 0 Å².